The van der Waals surface area contributed by atoms with Gasteiger partial charge in [-0.25, -0.2) is 0 Å². The van der Waals surface area contributed by atoms with Gasteiger partial charge in [-0.15, -0.1) is 10.2 Å². The first-order chi connectivity index (χ1) is 7.98. The molecule has 2 saturated carbocycles. The van der Waals surface area contributed by atoms with E-state index in [4.69, 9.17) is 0 Å². The fourth-order valence-corrected chi connectivity index (χ4v) is 2.86. The van der Waals surface area contributed by atoms with Crippen LogP contribution in [0.3, 0.4) is 0 Å². The monoisotopic (exact) mass is 259 g/mol. The van der Waals surface area contributed by atoms with Crippen LogP contribution < -0.4 is 0 Å². The van der Waals surface area contributed by atoms with Crippen LogP contribution in [0.15, 0.2) is 5.16 Å². The first-order valence-corrected chi connectivity index (χ1v) is 7.26. The molecule has 0 aromatic carbocycles. The van der Waals surface area contributed by atoms with Crippen LogP contribution in [0.25, 0.3) is 0 Å². The molecule has 0 spiro atoms. The molecule has 5 nitrogen and oxygen atoms in total. The van der Waals surface area contributed by atoms with E-state index in [1.54, 1.807) is 0 Å². The molecule has 1 aromatic rings. The van der Waals surface area contributed by atoms with E-state index in [1.807, 2.05) is 6.92 Å². The summed E-state index contributed by atoms with van der Waals surface area (Å²) in [4.78, 5) is 0. The Morgan fingerprint density at radius 1 is 1.29 bits per heavy atom. The summed E-state index contributed by atoms with van der Waals surface area (Å²) >= 11 is 0. The minimum atomic E-state index is -4.77. The van der Waals surface area contributed by atoms with Crippen LogP contribution in [0.4, 0.5) is 3.89 Å². The molecule has 2 aliphatic carbocycles. The summed E-state index contributed by atoms with van der Waals surface area (Å²) in [6.45, 7) is 2.01. The summed E-state index contributed by atoms with van der Waals surface area (Å²) < 4.78 is 36.6. The fourth-order valence-electron chi connectivity index (χ4n) is 2.25. The molecular formula is C10H14FN3O2S. The lowest BCUT2D eigenvalue weighted by molar-refractivity contribution is 0.506. The topological polar surface area (TPSA) is 64.8 Å². The first kappa shape index (κ1) is 11.1. The molecule has 94 valence electrons. The van der Waals surface area contributed by atoms with Gasteiger partial charge >= 0.3 is 10.2 Å². The third kappa shape index (κ3) is 1.96. The molecule has 0 N–H and O–H groups in total. The zero-order valence-electron chi connectivity index (χ0n) is 9.50. The van der Waals surface area contributed by atoms with Gasteiger partial charge in [-0.3, -0.25) is 4.57 Å². The van der Waals surface area contributed by atoms with Crippen LogP contribution in [0.5, 0.6) is 0 Å². The second-order valence-electron chi connectivity index (χ2n) is 5.01. The van der Waals surface area contributed by atoms with Crippen molar-refractivity contribution in [3.05, 3.63) is 5.82 Å². The normalized spacial score (nSPS) is 22.7. The van der Waals surface area contributed by atoms with E-state index in [1.165, 1.54) is 4.57 Å². The van der Waals surface area contributed by atoms with Crippen molar-refractivity contribution in [1.29, 1.82) is 0 Å². The third-order valence-electron chi connectivity index (χ3n) is 3.56. The van der Waals surface area contributed by atoms with Gasteiger partial charge in [0.1, 0.15) is 5.82 Å². The molecule has 0 aliphatic heterocycles. The Morgan fingerprint density at radius 3 is 2.41 bits per heavy atom. The lowest BCUT2D eigenvalue weighted by Crippen LogP contribution is -2.11. The standard InChI is InChI=1S/C10H14FN3O2S/c1-6(7-2-3-7)9-12-13-10(17(11,15)16)14(9)8-4-5-8/h6-8H,2-5H2,1H3. The van der Waals surface area contributed by atoms with Crippen LogP contribution in [0.2, 0.25) is 0 Å². The zero-order chi connectivity index (χ0) is 12.2. The Kier molecular flexibility index (Phi) is 2.30. The lowest BCUT2D eigenvalue weighted by atomic mass is 10.1. The quantitative estimate of drug-likeness (QED) is 0.773. The van der Waals surface area contributed by atoms with E-state index < -0.39 is 15.4 Å². The van der Waals surface area contributed by atoms with E-state index in [9.17, 15) is 12.3 Å². The second kappa shape index (κ2) is 3.51. The second-order valence-corrected chi connectivity index (χ2v) is 6.25. The minimum absolute atomic E-state index is 0.0710. The number of hydrogen-bond acceptors (Lipinski definition) is 4. The van der Waals surface area contributed by atoms with Gasteiger partial charge in [0.25, 0.3) is 5.16 Å². The fraction of sp³-hybridized carbons (Fsp3) is 0.800. The van der Waals surface area contributed by atoms with Crippen molar-refractivity contribution in [2.75, 3.05) is 0 Å². The minimum Gasteiger partial charge on any atom is -0.296 e. The van der Waals surface area contributed by atoms with Crippen LogP contribution in [-0.4, -0.2) is 23.2 Å². The Hall–Kier alpha value is -0.980. The van der Waals surface area contributed by atoms with Gasteiger partial charge in [0, 0.05) is 12.0 Å². The summed E-state index contributed by atoms with van der Waals surface area (Å²) in [6.07, 6.45) is 4.03. The molecule has 1 unspecified atom stereocenters. The highest BCUT2D eigenvalue weighted by molar-refractivity contribution is 7.86. The molecule has 0 radical (unpaired) electrons. The van der Waals surface area contributed by atoms with Crippen LogP contribution in [0.1, 0.15) is 50.4 Å². The van der Waals surface area contributed by atoms with E-state index in [-0.39, 0.29) is 12.0 Å². The molecule has 3 rings (SSSR count). The van der Waals surface area contributed by atoms with E-state index in [2.05, 4.69) is 10.2 Å². The predicted molar refractivity (Wildman–Crippen MR) is 57.7 cm³/mol. The van der Waals surface area contributed by atoms with Gasteiger partial charge in [0.2, 0.25) is 0 Å². The van der Waals surface area contributed by atoms with Gasteiger partial charge in [-0.05, 0) is 31.6 Å². The van der Waals surface area contributed by atoms with Crippen LogP contribution >= 0.6 is 0 Å². The third-order valence-corrected chi connectivity index (χ3v) is 4.27. The summed E-state index contributed by atoms with van der Waals surface area (Å²) in [6, 6.07) is 0.0710. The average molecular weight is 259 g/mol. The van der Waals surface area contributed by atoms with Crippen molar-refractivity contribution in [3.63, 3.8) is 0 Å². The van der Waals surface area contributed by atoms with E-state index in [0.717, 1.165) is 25.7 Å². The summed E-state index contributed by atoms with van der Waals surface area (Å²) in [5.41, 5.74) is 0. The van der Waals surface area contributed by atoms with Crippen LogP contribution in [0, 0.1) is 5.92 Å². The van der Waals surface area contributed by atoms with Crippen molar-refractivity contribution in [1.82, 2.24) is 14.8 Å². The SMILES string of the molecule is CC(c1nnc(S(=O)(=O)F)n1C1CC1)C1CC1. The highest BCUT2D eigenvalue weighted by Gasteiger charge is 2.39. The van der Waals surface area contributed by atoms with Gasteiger partial charge in [0.05, 0.1) is 0 Å². The van der Waals surface area contributed by atoms with Crippen molar-refractivity contribution >= 4 is 10.2 Å². The summed E-state index contributed by atoms with van der Waals surface area (Å²) in [7, 11) is -4.77. The zero-order valence-corrected chi connectivity index (χ0v) is 10.3. The first-order valence-electron chi connectivity index (χ1n) is 5.88. The number of aromatic nitrogens is 3. The molecule has 1 atom stereocenters. The van der Waals surface area contributed by atoms with Crippen molar-refractivity contribution in [3.8, 4) is 0 Å². The molecule has 0 amide bonds. The smallest absolute Gasteiger partial charge is 0.296 e. The Labute approximate surface area is 99.3 Å². The summed E-state index contributed by atoms with van der Waals surface area (Å²) in [5, 5.41) is 6.92. The highest BCUT2D eigenvalue weighted by atomic mass is 32.3. The number of rotatable bonds is 4. The molecule has 2 aliphatic rings. The van der Waals surface area contributed by atoms with Gasteiger partial charge < -0.3 is 0 Å². The van der Waals surface area contributed by atoms with Gasteiger partial charge in [-0.1, -0.05) is 10.8 Å². The highest BCUT2D eigenvalue weighted by Crippen LogP contribution is 2.45. The van der Waals surface area contributed by atoms with Crippen molar-refractivity contribution < 1.29 is 12.3 Å². The van der Waals surface area contributed by atoms with Crippen LogP contribution in [-0.2, 0) is 10.2 Å². The molecule has 1 aromatic heterocycles. The maximum atomic E-state index is 13.1. The molecule has 0 bridgehead atoms. The number of halogens is 1. The van der Waals surface area contributed by atoms with E-state index in [0.29, 0.717) is 11.7 Å². The lowest BCUT2D eigenvalue weighted by Gasteiger charge is -2.12. The molecule has 0 saturated heterocycles. The Bertz CT molecular complexity index is 546. The Morgan fingerprint density at radius 2 is 1.94 bits per heavy atom. The maximum Gasteiger partial charge on any atom is 0.368 e. The van der Waals surface area contributed by atoms with E-state index >= 15 is 0 Å². The average Bonchev–Trinajstić information content (AvgIpc) is 3.12. The molecule has 1 heterocycles. The molecular weight excluding hydrogens is 245 g/mol. The number of nitrogens with zero attached hydrogens (tertiary/aromatic N) is 3. The number of hydrogen-bond donors (Lipinski definition) is 0. The molecule has 7 heteroatoms. The molecule has 2 fully saturated rings. The van der Waals surface area contributed by atoms with Gasteiger partial charge in [-0.2, -0.15) is 8.42 Å². The largest absolute Gasteiger partial charge is 0.368 e. The molecule has 17 heavy (non-hydrogen) atoms. The van der Waals surface area contributed by atoms with Crippen molar-refractivity contribution in [2.24, 2.45) is 5.92 Å². The van der Waals surface area contributed by atoms with Crippen molar-refractivity contribution in [2.45, 2.75) is 49.7 Å². The predicted octanol–water partition coefficient (Wildman–Crippen LogP) is 1.78. The van der Waals surface area contributed by atoms with Gasteiger partial charge in [0.15, 0.2) is 0 Å². The Balaban J connectivity index is 2.06. The maximum absolute atomic E-state index is 13.1. The summed E-state index contributed by atoms with van der Waals surface area (Å²) in [5.74, 6) is 1.34.